The van der Waals surface area contributed by atoms with E-state index >= 15 is 0 Å². The van der Waals surface area contributed by atoms with Crippen LogP contribution < -0.4 is 0 Å². The maximum absolute atomic E-state index is 5.64. The molecule has 0 atom stereocenters. The molecule has 0 unspecified atom stereocenters. The van der Waals surface area contributed by atoms with Crippen LogP contribution in [-0.4, -0.2) is 10.1 Å². The van der Waals surface area contributed by atoms with Crippen molar-refractivity contribution in [3.63, 3.8) is 0 Å². The highest BCUT2D eigenvalue weighted by Gasteiger charge is 2.17. The van der Waals surface area contributed by atoms with Crippen LogP contribution in [-0.2, 0) is 0 Å². The molecular weight excluding hydrogens is 384 g/mol. The summed E-state index contributed by atoms with van der Waals surface area (Å²) < 4.78 is 7.17. The van der Waals surface area contributed by atoms with Gasteiger partial charge in [0.1, 0.15) is 4.64 Å². The number of benzene rings is 2. The molecule has 5 heteroatoms. The molecule has 3 nitrogen and oxygen atoms in total. The molecule has 0 amide bonds. The Morgan fingerprint density at radius 1 is 1.04 bits per heavy atom. The topological polar surface area (TPSA) is 41.8 Å². The lowest BCUT2D eigenvalue weighted by Crippen LogP contribution is -1.92. The molecule has 0 bridgehead atoms. The van der Waals surface area contributed by atoms with Crippen molar-refractivity contribution in [2.24, 2.45) is 0 Å². The summed E-state index contributed by atoms with van der Waals surface area (Å²) >= 11 is 9.20. The van der Waals surface area contributed by atoms with E-state index in [-0.39, 0.29) is 0 Å². The maximum atomic E-state index is 5.64. The lowest BCUT2D eigenvalue weighted by Gasteiger charge is -2.12. The minimum absolute atomic E-state index is 0.639. The molecule has 24 heavy (non-hydrogen) atoms. The van der Waals surface area contributed by atoms with Crippen LogP contribution in [0.2, 0.25) is 0 Å². The van der Waals surface area contributed by atoms with E-state index in [9.17, 15) is 0 Å². The first-order valence-corrected chi connectivity index (χ1v) is 8.68. The zero-order valence-electron chi connectivity index (χ0n) is 12.8. The fourth-order valence-electron chi connectivity index (χ4n) is 2.89. The number of fused-ring (bicyclic) bond motifs is 1. The summed E-state index contributed by atoms with van der Waals surface area (Å²) in [7, 11) is 0. The van der Waals surface area contributed by atoms with E-state index in [4.69, 9.17) is 16.7 Å². The van der Waals surface area contributed by atoms with Crippen LogP contribution in [0.25, 0.3) is 33.4 Å². The van der Waals surface area contributed by atoms with Crippen molar-refractivity contribution in [3.05, 3.63) is 69.4 Å². The van der Waals surface area contributed by atoms with Crippen molar-refractivity contribution >= 4 is 39.1 Å². The molecule has 2 aromatic carbocycles. The van der Waals surface area contributed by atoms with Gasteiger partial charge in [0.15, 0.2) is 5.76 Å². The minimum Gasteiger partial charge on any atom is -0.356 e. The van der Waals surface area contributed by atoms with Crippen molar-refractivity contribution in [2.45, 2.75) is 6.92 Å². The van der Waals surface area contributed by atoms with Gasteiger partial charge < -0.3 is 9.51 Å². The van der Waals surface area contributed by atoms with Gasteiger partial charge in [0.25, 0.3) is 0 Å². The van der Waals surface area contributed by atoms with E-state index in [1.165, 1.54) is 0 Å². The largest absolute Gasteiger partial charge is 0.356 e. The van der Waals surface area contributed by atoms with Crippen LogP contribution in [0.1, 0.15) is 5.69 Å². The second-order valence-corrected chi connectivity index (χ2v) is 6.92. The second-order valence-electron chi connectivity index (χ2n) is 5.59. The molecule has 0 aliphatic carbocycles. The van der Waals surface area contributed by atoms with Crippen LogP contribution in [0, 0.1) is 11.6 Å². The third-order valence-electron chi connectivity index (χ3n) is 3.91. The fourth-order valence-corrected chi connectivity index (χ4v) is 3.56. The van der Waals surface area contributed by atoms with Gasteiger partial charge in [0.05, 0.1) is 11.3 Å². The zero-order chi connectivity index (χ0) is 16.7. The quantitative estimate of drug-likeness (QED) is 0.404. The first kappa shape index (κ1) is 15.3. The van der Waals surface area contributed by atoms with Gasteiger partial charge in [-0.05, 0) is 30.7 Å². The number of aryl methyl sites for hydroxylation is 1. The first-order valence-electron chi connectivity index (χ1n) is 7.48. The number of halogens is 1. The highest BCUT2D eigenvalue weighted by atomic mass is 79.9. The number of hydrogen-bond donors (Lipinski definition) is 1. The van der Waals surface area contributed by atoms with Crippen LogP contribution in [0.4, 0.5) is 0 Å². The van der Waals surface area contributed by atoms with Crippen molar-refractivity contribution in [1.29, 1.82) is 0 Å². The number of nitrogens with one attached hydrogen (secondary N) is 1. The number of nitrogens with zero attached hydrogens (tertiary/aromatic N) is 1. The van der Waals surface area contributed by atoms with Gasteiger partial charge >= 0.3 is 0 Å². The highest BCUT2D eigenvalue weighted by molar-refractivity contribution is 9.10. The summed E-state index contributed by atoms with van der Waals surface area (Å²) in [6.07, 6.45) is 0. The van der Waals surface area contributed by atoms with E-state index in [0.29, 0.717) is 10.4 Å². The van der Waals surface area contributed by atoms with Crippen LogP contribution in [0.5, 0.6) is 0 Å². The van der Waals surface area contributed by atoms with E-state index in [1.807, 2.05) is 43.3 Å². The maximum Gasteiger partial charge on any atom is 0.170 e. The van der Waals surface area contributed by atoms with Crippen LogP contribution in [0.15, 0.2) is 63.6 Å². The molecule has 1 N–H and O–H groups in total. The van der Waals surface area contributed by atoms with Crippen molar-refractivity contribution < 1.29 is 4.52 Å². The van der Waals surface area contributed by atoms with Gasteiger partial charge in [-0.3, -0.25) is 0 Å². The second kappa shape index (κ2) is 6.00. The number of H-pyrrole nitrogens is 1. The van der Waals surface area contributed by atoms with Gasteiger partial charge in [-0.1, -0.05) is 63.6 Å². The highest BCUT2D eigenvalue weighted by Crippen LogP contribution is 2.39. The number of hydrogen-bond acceptors (Lipinski definition) is 3. The summed E-state index contributed by atoms with van der Waals surface area (Å²) in [6, 6.07) is 18.2. The molecule has 0 aliphatic heterocycles. The van der Waals surface area contributed by atoms with Crippen LogP contribution >= 0.6 is 28.1 Å². The molecule has 0 fully saturated rings. The SMILES string of the molecule is Cc1cc(-c2c(-c3ccccc3)c3cc(Br)ccc3[nH]c2=S)on1. The minimum atomic E-state index is 0.639. The lowest BCUT2D eigenvalue weighted by atomic mass is 9.95. The molecule has 4 rings (SSSR count). The van der Waals surface area contributed by atoms with Crippen molar-refractivity contribution in [2.75, 3.05) is 0 Å². The number of aromatic amines is 1. The Morgan fingerprint density at radius 3 is 2.54 bits per heavy atom. The average molecular weight is 397 g/mol. The van der Waals surface area contributed by atoms with Crippen molar-refractivity contribution in [1.82, 2.24) is 10.1 Å². The molecule has 2 aromatic heterocycles. The van der Waals surface area contributed by atoms with Gasteiger partial charge in [-0.15, -0.1) is 0 Å². The number of rotatable bonds is 2. The van der Waals surface area contributed by atoms with Gasteiger partial charge in [0, 0.05) is 27.0 Å². The molecule has 4 aromatic rings. The van der Waals surface area contributed by atoms with Crippen molar-refractivity contribution in [3.8, 4) is 22.5 Å². The zero-order valence-corrected chi connectivity index (χ0v) is 15.2. The molecule has 0 radical (unpaired) electrons. The summed E-state index contributed by atoms with van der Waals surface area (Å²) in [6.45, 7) is 1.90. The fraction of sp³-hybridized carbons (Fsp3) is 0.0526. The number of aromatic nitrogens is 2. The van der Waals surface area contributed by atoms with E-state index in [1.54, 1.807) is 0 Å². The third-order valence-corrected chi connectivity index (χ3v) is 4.71. The molecule has 0 saturated heterocycles. The normalized spacial score (nSPS) is 11.1. The monoisotopic (exact) mass is 396 g/mol. The lowest BCUT2D eigenvalue weighted by molar-refractivity contribution is 0.427. The van der Waals surface area contributed by atoms with E-state index < -0.39 is 0 Å². The first-order chi connectivity index (χ1) is 11.6. The molecule has 0 saturated carbocycles. The van der Waals surface area contributed by atoms with Gasteiger partial charge in [-0.2, -0.15) is 0 Å². The Bertz CT molecular complexity index is 1100. The van der Waals surface area contributed by atoms with Gasteiger partial charge in [-0.25, -0.2) is 0 Å². The Morgan fingerprint density at radius 2 is 1.83 bits per heavy atom. The smallest absolute Gasteiger partial charge is 0.170 e. The predicted octanol–water partition coefficient (Wildman–Crippen LogP) is 6.29. The standard InChI is InChI=1S/C19H13BrN2OS/c1-11-9-16(23-22-11)18-17(12-5-3-2-4-6-12)14-10-13(20)7-8-15(14)21-19(18)24/h2-10H,1H3,(H,21,24). The van der Waals surface area contributed by atoms with E-state index in [0.717, 1.165) is 37.8 Å². The van der Waals surface area contributed by atoms with E-state index in [2.05, 4.69) is 44.3 Å². The Kier molecular flexibility index (Phi) is 3.82. The Balaban J connectivity index is 2.18. The molecule has 0 spiro atoms. The number of pyridine rings is 1. The Labute approximate surface area is 152 Å². The summed E-state index contributed by atoms with van der Waals surface area (Å²) in [4.78, 5) is 3.31. The van der Waals surface area contributed by atoms with Crippen LogP contribution in [0.3, 0.4) is 0 Å². The average Bonchev–Trinajstić information content (AvgIpc) is 3.01. The third kappa shape index (κ3) is 2.60. The predicted molar refractivity (Wildman–Crippen MR) is 103 cm³/mol. The molecular formula is C19H13BrN2OS. The molecule has 118 valence electrons. The summed E-state index contributed by atoms with van der Waals surface area (Å²) in [5.41, 5.74) is 4.81. The molecule has 2 heterocycles. The summed E-state index contributed by atoms with van der Waals surface area (Å²) in [5, 5.41) is 5.10. The Hall–Kier alpha value is -2.24. The van der Waals surface area contributed by atoms with Gasteiger partial charge in [0.2, 0.25) is 0 Å². The molecule has 0 aliphatic rings. The summed E-state index contributed by atoms with van der Waals surface area (Å²) in [5.74, 6) is 0.675.